The van der Waals surface area contributed by atoms with Crippen molar-refractivity contribution in [1.82, 2.24) is 19.6 Å². The van der Waals surface area contributed by atoms with Crippen LogP contribution < -0.4 is 4.74 Å². The second-order valence-corrected chi connectivity index (χ2v) is 3.70. The zero-order chi connectivity index (χ0) is 12.4. The van der Waals surface area contributed by atoms with Crippen LogP contribution in [0.15, 0.2) is 18.5 Å². The summed E-state index contributed by atoms with van der Waals surface area (Å²) in [6, 6.07) is 1.79. The lowest BCUT2D eigenvalue weighted by atomic mass is 10.1. The van der Waals surface area contributed by atoms with Gasteiger partial charge in [-0.05, 0) is 13.0 Å². The molecule has 0 aromatic carbocycles. The van der Waals surface area contributed by atoms with Gasteiger partial charge in [0.15, 0.2) is 5.75 Å². The van der Waals surface area contributed by atoms with Gasteiger partial charge in [0.05, 0.1) is 19.0 Å². The highest BCUT2D eigenvalue weighted by molar-refractivity contribution is 5.32. The SMILES string of the molecule is CCn1nccc1C(O)c1c(OC)cnn1C. The fourth-order valence-electron chi connectivity index (χ4n) is 1.88. The molecule has 6 heteroatoms. The monoisotopic (exact) mass is 236 g/mol. The molecule has 0 bridgehead atoms. The van der Waals surface area contributed by atoms with E-state index in [4.69, 9.17) is 4.74 Å². The van der Waals surface area contributed by atoms with Gasteiger partial charge in [0.1, 0.15) is 11.8 Å². The number of rotatable bonds is 4. The average Bonchev–Trinajstić information content (AvgIpc) is 2.93. The molecule has 0 aliphatic heterocycles. The minimum Gasteiger partial charge on any atom is -0.493 e. The number of aliphatic hydroxyl groups excluding tert-OH is 1. The Morgan fingerprint density at radius 2 is 2.24 bits per heavy atom. The Balaban J connectivity index is 2.43. The lowest BCUT2D eigenvalue weighted by Crippen LogP contribution is -2.13. The van der Waals surface area contributed by atoms with Crippen LogP contribution in [0.2, 0.25) is 0 Å². The number of aliphatic hydroxyl groups is 1. The summed E-state index contributed by atoms with van der Waals surface area (Å²) >= 11 is 0. The number of hydrogen-bond acceptors (Lipinski definition) is 4. The molecule has 0 aliphatic carbocycles. The number of ether oxygens (including phenoxy) is 1. The minimum absolute atomic E-state index is 0.573. The molecular formula is C11H16N4O2. The first-order valence-corrected chi connectivity index (χ1v) is 5.44. The third kappa shape index (κ3) is 1.91. The number of hydrogen-bond donors (Lipinski definition) is 1. The number of aromatic nitrogens is 4. The number of methoxy groups -OCH3 is 1. The molecular weight excluding hydrogens is 220 g/mol. The molecule has 17 heavy (non-hydrogen) atoms. The van der Waals surface area contributed by atoms with Gasteiger partial charge in [0.2, 0.25) is 0 Å². The summed E-state index contributed by atoms with van der Waals surface area (Å²) in [5.74, 6) is 0.573. The summed E-state index contributed by atoms with van der Waals surface area (Å²) in [6.45, 7) is 2.68. The van der Waals surface area contributed by atoms with Gasteiger partial charge >= 0.3 is 0 Å². The minimum atomic E-state index is -0.792. The van der Waals surface area contributed by atoms with Gasteiger partial charge in [-0.25, -0.2) is 0 Å². The van der Waals surface area contributed by atoms with E-state index in [2.05, 4.69) is 10.2 Å². The molecule has 1 N–H and O–H groups in total. The topological polar surface area (TPSA) is 65.1 Å². The summed E-state index contributed by atoms with van der Waals surface area (Å²) in [5.41, 5.74) is 1.36. The van der Waals surface area contributed by atoms with Crippen LogP contribution in [0.3, 0.4) is 0 Å². The van der Waals surface area contributed by atoms with E-state index in [9.17, 15) is 5.11 Å². The van der Waals surface area contributed by atoms with Crippen molar-refractivity contribution in [3.63, 3.8) is 0 Å². The van der Waals surface area contributed by atoms with Crippen molar-refractivity contribution in [2.24, 2.45) is 7.05 Å². The molecule has 0 spiro atoms. The van der Waals surface area contributed by atoms with Gasteiger partial charge in [0, 0.05) is 19.8 Å². The van der Waals surface area contributed by atoms with E-state index in [-0.39, 0.29) is 0 Å². The normalized spacial score (nSPS) is 12.7. The molecule has 1 unspecified atom stereocenters. The van der Waals surface area contributed by atoms with Crippen molar-refractivity contribution in [3.8, 4) is 5.75 Å². The summed E-state index contributed by atoms with van der Waals surface area (Å²) in [7, 11) is 3.33. The third-order valence-electron chi connectivity index (χ3n) is 2.76. The Labute approximate surface area is 99.4 Å². The molecule has 2 aromatic rings. The molecule has 0 aliphatic rings. The molecule has 92 valence electrons. The van der Waals surface area contributed by atoms with Crippen molar-refractivity contribution in [2.75, 3.05) is 7.11 Å². The van der Waals surface area contributed by atoms with E-state index in [0.29, 0.717) is 18.0 Å². The summed E-state index contributed by atoms with van der Waals surface area (Å²) in [4.78, 5) is 0. The average molecular weight is 236 g/mol. The molecule has 0 radical (unpaired) electrons. The number of aryl methyl sites for hydroxylation is 2. The van der Waals surface area contributed by atoms with E-state index in [1.807, 2.05) is 6.92 Å². The van der Waals surface area contributed by atoms with Gasteiger partial charge in [-0.1, -0.05) is 0 Å². The van der Waals surface area contributed by atoms with Crippen LogP contribution in [-0.4, -0.2) is 31.8 Å². The fraction of sp³-hybridized carbons (Fsp3) is 0.455. The lowest BCUT2D eigenvalue weighted by Gasteiger charge is -2.14. The maximum atomic E-state index is 10.4. The van der Waals surface area contributed by atoms with E-state index in [0.717, 1.165) is 5.69 Å². The molecule has 0 amide bonds. The predicted molar refractivity (Wildman–Crippen MR) is 61.7 cm³/mol. The highest BCUT2D eigenvalue weighted by Gasteiger charge is 2.22. The van der Waals surface area contributed by atoms with Crippen molar-refractivity contribution in [2.45, 2.75) is 19.6 Å². The van der Waals surface area contributed by atoms with Crippen molar-refractivity contribution in [1.29, 1.82) is 0 Å². The maximum Gasteiger partial charge on any atom is 0.163 e. The van der Waals surface area contributed by atoms with Crippen molar-refractivity contribution in [3.05, 3.63) is 29.8 Å². The molecule has 6 nitrogen and oxygen atoms in total. The van der Waals surface area contributed by atoms with Gasteiger partial charge in [-0.3, -0.25) is 9.36 Å². The van der Waals surface area contributed by atoms with Crippen LogP contribution in [-0.2, 0) is 13.6 Å². The molecule has 0 saturated heterocycles. The Morgan fingerprint density at radius 1 is 1.47 bits per heavy atom. The molecule has 2 rings (SSSR count). The van der Waals surface area contributed by atoms with Crippen LogP contribution in [0.1, 0.15) is 24.4 Å². The Kier molecular flexibility index (Phi) is 3.14. The zero-order valence-corrected chi connectivity index (χ0v) is 10.2. The summed E-state index contributed by atoms with van der Waals surface area (Å²) in [5, 5.41) is 18.6. The second kappa shape index (κ2) is 4.58. The summed E-state index contributed by atoms with van der Waals surface area (Å²) in [6.07, 6.45) is 2.47. The third-order valence-corrected chi connectivity index (χ3v) is 2.76. The Hall–Kier alpha value is -1.82. The van der Waals surface area contributed by atoms with Gasteiger partial charge in [0.25, 0.3) is 0 Å². The zero-order valence-electron chi connectivity index (χ0n) is 10.2. The van der Waals surface area contributed by atoms with E-state index in [1.165, 1.54) is 0 Å². The van der Waals surface area contributed by atoms with E-state index < -0.39 is 6.10 Å². The largest absolute Gasteiger partial charge is 0.493 e. The first-order valence-electron chi connectivity index (χ1n) is 5.44. The fourth-order valence-corrected chi connectivity index (χ4v) is 1.88. The van der Waals surface area contributed by atoms with Crippen LogP contribution in [0.4, 0.5) is 0 Å². The maximum absolute atomic E-state index is 10.4. The standard InChI is InChI=1S/C11H16N4O2/c1-4-15-8(5-6-12-15)11(16)10-9(17-3)7-13-14(10)2/h5-7,11,16H,4H2,1-3H3. The smallest absolute Gasteiger partial charge is 0.163 e. The van der Waals surface area contributed by atoms with Crippen LogP contribution >= 0.6 is 0 Å². The Morgan fingerprint density at radius 3 is 2.88 bits per heavy atom. The Bertz CT molecular complexity index is 503. The predicted octanol–water partition coefficient (Wildman–Crippen LogP) is 0.727. The van der Waals surface area contributed by atoms with Gasteiger partial charge < -0.3 is 9.84 Å². The highest BCUT2D eigenvalue weighted by Crippen LogP contribution is 2.28. The quantitative estimate of drug-likeness (QED) is 0.849. The number of nitrogens with zero attached hydrogens (tertiary/aromatic N) is 4. The van der Waals surface area contributed by atoms with Crippen LogP contribution in [0.25, 0.3) is 0 Å². The van der Waals surface area contributed by atoms with E-state index in [1.54, 1.807) is 42.0 Å². The second-order valence-electron chi connectivity index (χ2n) is 3.70. The molecule has 1 atom stereocenters. The first kappa shape index (κ1) is 11.7. The molecule has 0 saturated carbocycles. The van der Waals surface area contributed by atoms with E-state index >= 15 is 0 Å². The van der Waals surface area contributed by atoms with Gasteiger partial charge in [-0.15, -0.1) is 0 Å². The molecule has 2 aromatic heterocycles. The van der Waals surface area contributed by atoms with Gasteiger partial charge in [-0.2, -0.15) is 10.2 Å². The lowest BCUT2D eigenvalue weighted by molar-refractivity contribution is 0.193. The van der Waals surface area contributed by atoms with Crippen LogP contribution in [0, 0.1) is 0 Å². The molecule has 2 heterocycles. The first-order chi connectivity index (χ1) is 8.19. The van der Waals surface area contributed by atoms with Crippen LogP contribution in [0.5, 0.6) is 5.75 Å². The highest BCUT2D eigenvalue weighted by atomic mass is 16.5. The van der Waals surface area contributed by atoms with Crippen molar-refractivity contribution < 1.29 is 9.84 Å². The molecule has 0 fully saturated rings. The van der Waals surface area contributed by atoms with Crippen molar-refractivity contribution >= 4 is 0 Å². The summed E-state index contributed by atoms with van der Waals surface area (Å²) < 4.78 is 8.54.